The lowest BCUT2D eigenvalue weighted by molar-refractivity contribution is 0.0944. The largest absolute Gasteiger partial charge is 0.377 e. The summed E-state index contributed by atoms with van der Waals surface area (Å²) in [5.74, 6) is 0. The molecule has 0 saturated carbocycles. The third-order valence-electron chi connectivity index (χ3n) is 2.40. The van der Waals surface area contributed by atoms with Gasteiger partial charge in [-0.25, -0.2) is 0 Å². The summed E-state index contributed by atoms with van der Waals surface area (Å²) in [7, 11) is 0. The average Bonchev–Trinajstić information content (AvgIpc) is 2.15. The Labute approximate surface area is 56.4 Å². The van der Waals surface area contributed by atoms with E-state index in [1.807, 2.05) is 0 Å². The van der Waals surface area contributed by atoms with Crippen LogP contribution in [0.3, 0.4) is 0 Å². The summed E-state index contributed by atoms with van der Waals surface area (Å²) in [6.45, 7) is 5.01. The fourth-order valence-electron chi connectivity index (χ4n) is 1.26. The van der Waals surface area contributed by atoms with Crippen LogP contribution in [-0.4, -0.2) is 18.2 Å². The molecule has 54 valence electrons. The predicted octanol–water partition coefficient (Wildman–Crippen LogP) is 0.903. The molecule has 0 radical (unpaired) electrons. The van der Waals surface area contributed by atoms with Crippen LogP contribution in [0.1, 0.15) is 26.7 Å². The maximum atomic E-state index is 5.98. The number of rotatable bonds is 1. The van der Waals surface area contributed by atoms with E-state index in [-0.39, 0.29) is 11.6 Å². The van der Waals surface area contributed by atoms with Gasteiger partial charge in [-0.1, -0.05) is 6.92 Å². The Morgan fingerprint density at radius 3 is 2.67 bits per heavy atom. The Kier molecular flexibility index (Phi) is 1.78. The predicted molar refractivity (Wildman–Crippen MR) is 37.2 cm³/mol. The van der Waals surface area contributed by atoms with Gasteiger partial charge in [-0.05, 0) is 19.8 Å². The summed E-state index contributed by atoms with van der Waals surface area (Å²) in [6.07, 6.45) is 2.29. The molecule has 2 atom stereocenters. The SMILES string of the molecule is CCC1(N)CCOC1C. The molecule has 2 N–H and O–H groups in total. The zero-order valence-electron chi connectivity index (χ0n) is 6.18. The van der Waals surface area contributed by atoms with E-state index in [0.717, 1.165) is 19.4 Å². The van der Waals surface area contributed by atoms with Crippen LogP contribution in [0, 0.1) is 0 Å². The van der Waals surface area contributed by atoms with Gasteiger partial charge in [-0.2, -0.15) is 0 Å². The zero-order chi connectivity index (χ0) is 6.91. The molecule has 0 aromatic carbocycles. The molecule has 2 nitrogen and oxygen atoms in total. The van der Waals surface area contributed by atoms with Gasteiger partial charge in [0.1, 0.15) is 0 Å². The fraction of sp³-hybridized carbons (Fsp3) is 1.00. The topological polar surface area (TPSA) is 35.2 Å². The van der Waals surface area contributed by atoms with Crippen molar-refractivity contribution in [3.8, 4) is 0 Å². The minimum absolute atomic E-state index is 0.0278. The highest BCUT2D eigenvalue weighted by atomic mass is 16.5. The fourth-order valence-corrected chi connectivity index (χ4v) is 1.26. The van der Waals surface area contributed by atoms with E-state index in [4.69, 9.17) is 10.5 Å². The molecule has 2 unspecified atom stereocenters. The van der Waals surface area contributed by atoms with E-state index in [1.165, 1.54) is 0 Å². The number of hydrogen-bond acceptors (Lipinski definition) is 2. The first-order valence-corrected chi connectivity index (χ1v) is 3.59. The molecule has 2 heteroatoms. The maximum absolute atomic E-state index is 5.98. The minimum atomic E-state index is -0.0278. The molecule has 1 aliphatic rings. The summed E-state index contributed by atoms with van der Waals surface area (Å²) in [5.41, 5.74) is 5.95. The van der Waals surface area contributed by atoms with E-state index < -0.39 is 0 Å². The third kappa shape index (κ3) is 1.10. The van der Waals surface area contributed by atoms with Crippen molar-refractivity contribution in [3.63, 3.8) is 0 Å². The molecule has 0 bridgehead atoms. The summed E-state index contributed by atoms with van der Waals surface area (Å²) < 4.78 is 5.33. The highest BCUT2D eigenvalue weighted by Gasteiger charge is 2.35. The number of ether oxygens (including phenoxy) is 1. The lowest BCUT2D eigenvalue weighted by Gasteiger charge is -2.25. The van der Waals surface area contributed by atoms with Crippen LogP contribution in [0.25, 0.3) is 0 Å². The lowest BCUT2D eigenvalue weighted by Crippen LogP contribution is -2.45. The van der Waals surface area contributed by atoms with Crippen molar-refractivity contribution >= 4 is 0 Å². The molecule has 1 rings (SSSR count). The van der Waals surface area contributed by atoms with Crippen LogP contribution in [0.15, 0.2) is 0 Å². The Hall–Kier alpha value is -0.0800. The molecular formula is C7H15NO. The first-order valence-electron chi connectivity index (χ1n) is 3.59. The van der Waals surface area contributed by atoms with Crippen molar-refractivity contribution < 1.29 is 4.74 Å². The summed E-state index contributed by atoms with van der Waals surface area (Å²) in [4.78, 5) is 0. The van der Waals surface area contributed by atoms with Gasteiger partial charge in [0.15, 0.2) is 0 Å². The van der Waals surface area contributed by atoms with E-state index in [9.17, 15) is 0 Å². The van der Waals surface area contributed by atoms with Crippen LogP contribution in [0.5, 0.6) is 0 Å². The van der Waals surface area contributed by atoms with Crippen LogP contribution >= 0.6 is 0 Å². The first-order chi connectivity index (χ1) is 4.19. The zero-order valence-corrected chi connectivity index (χ0v) is 6.18. The van der Waals surface area contributed by atoms with Gasteiger partial charge in [0.05, 0.1) is 6.10 Å². The molecule has 0 aliphatic carbocycles. The van der Waals surface area contributed by atoms with Crippen molar-refractivity contribution in [1.29, 1.82) is 0 Å². The van der Waals surface area contributed by atoms with E-state index in [1.54, 1.807) is 0 Å². The summed E-state index contributed by atoms with van der Waals surface area (Å²) in [5, 5.41) is 0. The molecule has 0 amide bonds. The highest BCUT2D eigenvalue weighted by molar-refractivity contribution is 4.92. The van der Waals surface area contributed by atoms with Gasteiger partial charge < -0.3 is 10.5 Å². The molecule has 1 saturated heterocycles. The number of hydrogen-bond donors (Lipinski definition) is 1. The first kappa shape index (κ1) is 7.03. The Bertz CT molecular complexity index is 105. The van der Waals surface area contributed by atoms with E-state index in [2.05, 4.69) is 13.8 Å². The van der Waals surface area contributed by atoms with Crippen molar-refractivity contribution in [3.05, 3.63) is 0 Å². The Morgan fingerprint density at radius 2 is 2.44 bits per heavy atom. The van der Waals surface area contributed by atoms with Gasteiger partial charge in [0.2, 0.25) is 0 Å². The van der Waals surface area contributed by atoms with Gasteiger partial charge >= 0.3 is 0 Å². The van der Waals surface area contributed by atoms with Gasteiger partial charge in [-0.3, -0.25) is 0 Å². The van der Waals surface area contributed by atoms with Crippen molar-refractivity contribution in [1.82, 2.24) is 0 Å². The Balaban J connectivity index is 2.56. The smallest absolute Gasteiger partial charge is 0.0727 e. The van der Waals surface area contributed by atoms with Gasteiger partial charge in [-0.15, -0.1) is 0 Å². The average molecular weight is 129 g/mol. The van der Waals surface area contributed by atoms with Crippen molar-refractivity contribution in [2.75, 3.05) is 6.61 Å². The standard InChI is InChI=1S/C7H15NO/c1-3-7(8)4-5-9-6(7)2/h6H,3-5,8H2,1-2H3. The summed E-state index contributed by atoms with van der Waals surface area (Å²) in [6, 6.07) is 0. The van der Waals surface area contributed by atoms with Crippen LogP contribution in [0.4, 0.5) is 0 Å². The van der Waals surface area contributed by atoms with Crippen LogP contribution < -0.4 is 5.73 Å². The molecular weight excluding hydrogens is 114 g/mol. The lowest BCUT2D eigenvalue weighted by atomic mass is 9.91. The van der Waals surface area contributed by atoms with E-state index in [0.29, 0.717) is 0 Å². The highest BCUT2D eigenvalue weighted by Crippen LogP contribution is 2.25. The molecule has 0 aromatic rings. The molecule has 9 heavy (non-hydrogen) atoms. The van der Waals surface area contributed by atoms with Gasteiger partial charge in [0, 0.05) is 12.1 Å². The molecule has 1 heterocycles. The molecule has 1 aliphatic heterocycles. The van der Waals surface area contributed by atoms with Gasteiger partial charge in [0.25, 0.3) is 0 Å². The minimum Gasteiger partial charge on any atom is -0.377 e. The molecule has 0 aromatic heterocycles. The third-order valence-corrected chi connectivity index (χ3v) is 2.40. The van der Waals surface area contributed by atoms with Crippen molar-refractivity contribution in [2.45, 2.75) is 38.3 Å². The second-order valence-electron chi connectivity index (χ2n) is 2.85. The summed E-state index contributed by atoms with van der Waals surface area (Å²) >= 11 is 0. The van der Waals surface area contributed by atoms with Crippen LogP contribution in [-0.2, 0) is 4.74 Å². The Morgan fingerprint density at radius 1 is 1.78 bits per heavy atom. The van der Waals surface area contributed by atoms with Crippen molar-refractivity contribution in [2.24, 2.45) is 5.73 Å². The maximum Gasteiger partial charge on any atom is 0.0727 e. The normalized spacial score (nSPS) is 43.7. The quantitative estimate of drug-likeness (QED) is 0.571. The second-order valence-corrected chi connectivity index (χ2v) is 2.85. The van der Waals surface area contributed by atoms with E-state index >= 15 is 0 Å². The van der Waals surface area contributed by atoms with Crippen LogP contribution in [0.2, 0.25) is 0 Å². The monoisotopic (exact) mass is 129 g/mol. The molecule has 0 spiro atoms. The number of nitrogens with two attached hydrogens (primary N) is 1. The second kappa shape index (κ2) is 2.27. The molecule has 1 fully saturated rings.